The van der Waals surface area contributed by atoms with Gasteiger partial charge >= 0.3 is 0 Å². The fraction of sp³-hybridized carbons (Fsp3) is 0.533. The van der Waals surface area contributed by atoms with Gasteiger partial charge in [-0.3, -0.25) is 4.79 Å². The fourth-order valence-electron chi connectivity index (χ4n) is 2.51. The van der Waals surface area contributed by atoms with Crippen molar-refractivity contribution in [2.75, 3.05) is 33.1 Å². The Bertz CT molecular complexity index is 647. The SMILES string of the molecule is COc1ccccc1OCC(=O)NC1CCCN(S(C)(=O)=O)C1. The number of hydrogen-bond acceptors (Lipinski definition) is 5. The molecule has 128 valence electrons. The first-order valence-corrected chi connectivity index (χ1v) is 9.25. The number of rotatable bonds is 6. The van der Waals surface area contributed by atoms with E-state index in [1.807, 2.05) is 6.07 Å². The van der Waals surface area contributed by atoms with Crippen LogP contribution in [0.4, 0.5) is 0 Å². The largest absolute Gasteiger partial charge is 0.493 e. The summed E-state index contributed by atoms with van der Waals surface area (Å²) in [6, 6.07) is 6.89. The van der Waals surface area contributed by atoms with Crippen LogP contribution in [0.3, 0.4) is 0 Å². The van der Waals surface area contributed by atoms with Gasteiger partial charge in [-0.25, -0.2) is 12.7 Å². The molecule has 0 aliphatic carbocycles. The average Bonchev–Trinajstić information content (AvgIpc) is 2.52. The third kappa shape index (κ3) is 5.11. The van der Waals surface area contributed by atoms with Gasteiger partial charge in [0, 0.05) is 19.1 Å². The van der Waals surface area contributed by atoms with Gasteiger partial charge < -0.3 is 14.8 Å². The summed E-state index contributed by atoms with van der Waals surface area (Å²) in [5.74, 6) is 0.768. The summed E-state index contributed by atoms with van der Waals surface area (Å²) in [5, 5.41) is 2.82. The third-order valence-corrected chi connectivity index (χ3v) is 4.92. The molecular weight excluding hydrogens is 320 g/mol. The molecule has 1 aromatic rings. The summed E-state index contributed by atoms with van der Waals surface area (Å²) >= 11 is 0. The lowest BCUT2D eigenvalue weighted by molar-refractivity contribution is -0.124. The summed E-state index contributed by atoms with van der Waals surface area (Å²) in [5.41, 5.74) is 0. The fourth-order valence-corrected chi connectivity index (χ4v) is 3.42. The Balaban J connectivity index is 1.85. The Hall–Kier alpha value is -1.80. The number of benzene rings is 1. The predicted molar refractivity (Wildman–Crippen MR) is 86.1 cm³/mol. The maximum Gasteiger partial charge on any atom is 0.258 e. The first-order chi connectivity index (χ1) is 10.9. The highest BCUT2D eigenvalue weighted by Crippen LogP contribution is 2.25. The zero-order valence-corrected chi connectivity index (χ0v) is 14.1. The van der Waals surface area contributed by atoms with E-state index in [1.165, 1.54) is 17.7 Å². The van der Waals surface area contributed by atoms with Crippen molar-refractivity contribution >= 4 is 15.9 Å². The third-order valence-electron chi connectivity index (χ3n) is 3.65. The molecule has 0 saturated carbocycles. The van der Waals surface area contributed by atoms with Gasteiger partial charge in [-0.05, 0) is 25.0 Å². The number of amides is 1. The number of carbonyl (C=O) groups excluding carboxylic acids is 1. The van der Waals surface area contributed by atoms with Gasteiger partial charge in [0.1, 0.15) is 0 Å². The van der Waals surface area contributed by atoms with E-state index in [9.17, 15) is 13.2 Å². The van der Waals surface area contributed by atoms with Gasteiger partial charge in [0.2, 0.25) is 10.0 Å². The lowest BCUT2D eigenvalue weighted by Gasteiger charge is -2.31. The highest BCUT2D eigenvalue weighted by Gasteiger charge is 2.26. The minimum absolute atomic E-state index is 0.143. The van der Waals surface area contributed by atoms with Crippen molar-refractivity contribution in [2.45, 2.75) is 18.9 Å². The summed E-state index contributed by atoms with van der Waals surface area (Å²) < 4.78 is 35.1. The Morgan fingerprint density at radius 3 is 2.70 bits per heavy atom. The zero-order chi connectivity index (χ0) is 16.9. The molecule has 0 bridgehead atoms. The smallest absolute Gasteiger partial charge is 0.258 e. The van der Waals surface area contributed by atoms with Crippen LogP contribution >= 0.6 is 0 Å². The summed E-state index contributed by atoms with van der Waals surface area (Å²) in [6.07, 6.45) is 2.67. The molecule has 7 nitrogen and oxygen atoms in total. The number of carbonyl (C=O) groups is 1. The molecule has 1 fully saturated rings. The molecule has 1 N–H and O–H groups in total. The Morgan fingerprint density at radius 2 is 2.04 bits per heavy atom. The Kier molecular flexibility index (Phi) is 5.84. The van der Waals surface area contributed by atoms with Crippen LogP contribution in [-0.4, -0.2) is 57.7 Å². The second-order valence-corrected chi connectivity index (χ2v) is 7.45. The van der Waals surface area contributed by atoms with Crippen molar-refractivity contribution in [1.29, 1.82) is 0 Å². The second-order valence-electron chi connectivity index (χ2n) is 5.47. The van der Waals surface area contributed by atoms with E-state index < -0.39 is 10.0 Å². The van der Waals surface area contributed by atoms with Crippen molar-refractivity contribution in [3.63, 3.8) is 0 Å². The normalized spacial score (nSPS) is 19.1. The second kappa shape index (κ2) is 7.65. The lowest BCUT2D eigenvalue weighted by Crippen LogP contribution is -2.50. The Morgan fingerprint density at radius 1 is 1.35 bits per heavy atom. The van der Waals surface area contributed by atoms with Crippen molar-refractivity contribution < 1.29 is 22.7 Å². The number of para-hydroxylation sites is 2. The van der Waals surface area contributed by atoms with Crippen molar-refractivity contribution in [2.24, 2.45) is 0 Å². The maximum atomic E-state index is 12.0. The van der Waals surface area contributed by atoms with Gasteiger partial charge in [-0.1, -0.05) is 12.1 Å². The topological polar surface area (TPSA) is 84.9 Å². The summed E-state index contributed by atoms with van der Waals surface area (Å²) in [4.78, 5) is 12.0. The van der Waals surface area contributed by atoms with Crippen molar-refractivity contribution in [1.82, 2.24) is 9.62 Å². The van der Waals surface area contributed by atoms with Crippen LogP contribution in [0.25, 0.3) is 0 Å². The van der Waals surface area contributed by atoms with E-state index in [0.717, 1.165) is 12.8 Å². The van der Waals surface area contributed by atoms with Crippen LogP contribution in [-0.2, 0) is 14.8 Å². The number of nitrogens with one attached hydrogen (secondary N) is 1. The molecule has 23 heavy (non-hydrogen) atoms. The molecule has 1 heterocycles. The van der Waals surface area contributed by atoms with Crippen LogP contribution in [0.2, 0.25) is 0 Å². The first kappa shape index (κ1) is 17.6. The highest BCUT2D eigenvalue weighted by molar-refractivity contribution is 7.88. The van der Waals surface area contributed by atoms with E-state index in [0.29, 0.717) is 24.6 Å². The molecule has 1 aliphatic heterocycles. The number of methoxy groups -OCH3 is 1. The minimum atomic E-state index is -3.22. The summed E-state index contributed by atoms with van der Waals surface area (Å²) in [6.45, 7) is 0.665. The first-order valence-electron chi connectivity index (χ1n) is 7.40. The molecule has 1 atom stereocenters. The monoisotopic (exact) mass is 342 g/mol. The molecule has 0 spiro atoms. The molecule has 1 unspecified atom stereocenters. The van der Waals surface area contributed by atoms with Gasteiger partial charge in [0.05, 0.1) is 13.4 Å². The van der Waals surface area contributed by atoms with E-state index in [-0.39, 0.29) is 18.6 Å². The van der Waals surface area contributed by atoms with Gasteiger partial charge in [0.15, 0.2) is 18.1 Å². The number of nitrogens with zero attached hydrogens (tertiary/aromatic N) is 1. The summed E-state index contributed by atoms with van der Waals surface area (Å²) in [7, 11) is -1.69. The molecular formula is C15H22N2O5S. The number of hydrogen-bond donors (Lipinski definition) is 1. The van der Waals surface area contributed by atoms with Crippen LogP contribution < -0.4 is 14.8 Å². The zero-order valence-electron chi connectivity index (χ0n) is 13.3. The van der Waals surface area contributed by atoms with Crippen LogP contribution in [0.1, 0.15) is 12.8 Å². The maximum absolute atomic E-state index is 12.0. The van der Waals surface area contributed by atoms with Crippen LogP contribution in [0.15, 0.2) is 24.3 Å². The van der Waals surface area contributed by atoms with E-state index >= 15 is 0 Å². The van der Waals surface area contributed by atoms with Gasteiger partial charge in [0.25, 0.3) is 5.91 Å². The molecule has 8 heteroatoms. The Labute approximate surface area is 136 Å². The lowest BCUT2D eigenvalue weighted by atomic mass is 10.1. The molecule has 2 rings (SSSR count). The molecule has 1 aromatic carbocycles. The minimum Gasteiger partial charge on any atom is -0.493 e. The van der Waals surface area contributed by atoms with E-state index in [2.05, 4.69) is 5.32 Å². The van der Waals surface area contributed by atoms with Gasteiger partial charge in [-0.2, -0.15) is 0 Å². The predicted octanol–water partition coefficient (Wildman–Crippen LogP) is 0.614. The standard InChI is InChI=1S/C15H22N2O5S/c1-21-13-7-3-4-8-14(13)22-11-15(18)16-12-6-5-9-17(10-12)23(2,19)20/h3-4,7-8,12H,5-6,9-11H2,1-2H3,(H,16,18). The average molecular weight is 342 g/mol. The quantitative estimate of drug-likeness (QED) is 0.819. The van der Waals surface area contributed by atoms with Crippen molar-refractivity contribution in [3.8, 4) is 11.5 Å². The van der Waals surface area contributed by atoms with Crippen LogP contribution in [0.5, 0.6) is 11.5 Å². The molecule has 1 saturated heterocycles. The van der Waals surface area contributed by atoms with Crippen molar-refractivity contribution in [3.05, 3.63) is 24.3 Å². The van der Waals surface area contributed by atoms with E-state index in [4.69, 9.17) is 9.47 Å². The highest BCUT2D eigenvalue weighted by atomic mass is 32.2. The molecule has 0 radical (unpaired) electrons. The molecule has 1 aliphatic rings. The molecule has 0 aromatic heterocycles. The molecule has 1 amide bonds. The number of piperidine rings is 1. The van der Waals surface area contributed by atoms with Gasteiger partial charge in [-0.15, -0.1) is 0 Å². The van der Waals surface area contributed by atoms with E-state index in [1.54, 1.807) is 18.2 Å². The number of sulfonamides is 1. The van der Waals surface area contributed by atoms with Crippen LogP contribution in [0, 0.1) is 0 Å². The number of ether oxygens (including phenoxy) is 2.